The number of likely N-dealkylation sites (tertiary alicyclic amines) is 1. The van der Waals surface area contributed by atoms with Gasteiger partial charge in [-0.2, -0.15) is 5.10 Å². The molecule has 2 N–H and O–H groups in total. The number of amides is 1. The lowest BCUT2D eigenvalue weighted by Crippen LogP contribution is -2.46. The summed E-state index contributed by atoms with van der Waals surface area (Å²) in [4.78, 5) is 17.7. The van der Waals surface area contributed by atoms with Gasteiger partial charge in [-0.15, -0.1) is 0 Å². The van der Waals surface area contributed by atoms with E-state index < -0.39 is 5.60 Å². The van der Waals surface area contributed by atoms with E-state index in [1.165, 1.54) is 0 Å². The van der Waals surface area contributed by atoms with Crippen LogP contribution in [0.2, 0.25) is 0 Å². The van der Waals surface area contributed by atoms with E-state index in [1.807, 2.05) is 17.1 Å². The van der Waals surface area contributed by atoms with Crippen LogP contribution in [0.1, 0.15) is 50.6 Å². The highest BCUT2D eigenvalue weighted by molar-refractivity contribution is 6.32. The summed E-state index contributed by atoms with van der Waals surface area (Å²) < 4.78 is 7.48. The van der Waals surface area contributed by atoms with Crippen molar-refractivity contribution in [3.05, 3.63) is 59.2 Å². The maximum Gasteiger partial charge on any atom is 0.407 e. The summed E-state index contributed by atoms with van der Waals surface area (Å²) in [5.41, 5.74) is 4.66. The molecular weight excluding hydrogens is 478 g/mol. The molecule has 2 aromatic rings. The van der Waals surface area contributed by atoms with Gasteiger partial charge in [0.1, 0.15) is 5.60 Å². The second-order valence-corrected chi connectivity index (χ2v) is 10.3. The number of rotatable bonds is 6. The number of nitrogens with one attached hydrogen (secondary N) is 1. The third-order valence-electron chi connectivity index (χ3n) is 7.68. The molecule has 1 amide bonds. The maximum atomic E-state index is 11.6. The molecule has 0 radical (unpaired) electrons. The van der Waals surface area contributed by atoms with Gasteiger partial charge in [-0.3, -0.25) is 9.67 Å². The molecule has 1 saturated carbocycles. The van der Waals surface area contributed by atoms with Crippen LogP contribution in [0.25, 0.3) is 16.7 Å². The van der Waals surface area contributed by atoms with Crippen molar-refractivity contribution in [3.8, 4) is 11.1 Å². The fourth-order valence-corrected chi connectivity index (χ4v) is 5.90. The Balaban J connectivity index is 1.37. The highest BCUT2D eigenvalue weighted by Crippen LogP contribution is 2.36. The summed E-state index contributed by atoms with van der Waals surface area (Å²) in [6.07, 6.45) is 9.07. The minimum Gasteiger partial charge on any atom is -0.441 e. The molecule has 1 aromatic carbocycles. The smallest absolute Gasteiger partial charge is 0.407 e. The molecule has 0 unspecified atom stereocenters. The van der Waals surface area contributed by atoms with Gasteiger partial charge in [0, 0.05) is 43.9 Å². The van der Waals surface area contributed by atoms with Crippen molar-refractivity contribution in [1.29, 1.82) is 0 Å². The number of halogens is 1. The number of nitrogens with zero attached hydrogens (tertiary/aromatic N) is 4. The summed E-state index contributed by atoms with van der Waals surface area (Å²) in [6.45, 7) is 7.61. The predicted octanol–water partition coefficient (Wildman–Crippen LogP) is 4.72. The van der Waals surface area contributed by atoms with E-state index in [2.05, 4.69) is 58.2 Å². The zero-order valence-electron chi connectivity index (χ0n) is 20.5. The Hall–Kier alpha value is -3.10. The van der Waals surface area contributed by atoms with Crippen LogP contribution in [0, 0.1) is 0 Å². The summed E-state index contributed by atoms with van der Waals surface area (Å²) in [5.74, 6) is 0. The Kier molecular flexibility index (Phi) is 6.90. The lowest BCUT2D eigenvalue weighted by molar-refractivity contribution is 0.00920. The van der Waals surface area contributed by atoms with Crippen LogP contribution in [0.4, 0.5) is 4.79 Å². The number of carbonyl (C=O) groups is 1. The fraction of sp³-hybridized carbons (Fsp3) is 0.444. The van der Waals surface area contributed by atoms with Gasteiger partial charge in [0.2, 0.25) is 0 Å². The number of aliphatic hydroxyl groups is 1. The molecule has 1 aromatic heterocycles. The molecule has 8 nitrogen and oxygen atoms in total. The van der Waals surface area contributed by atoms with Crippen LogP contribution in [0.5, 0.6) is 0 Å². The van der Waals surface area contributed by atoms with Gasteiger partial charge in [0.05, 0.1) is 35.6 Å². The first-order chi connectivity index (χ1) is 17.4. The quantitative estimate of drug-likeness (QED) is 0.434. The SMILES string of the molecule is C=N/C=C(Cl)\C(=C(/C)c1ccc(-c2cnn([C@H]3CCC[C@@H]3O)c2)cc1)N1CCC2(CC1)CNC(=O)O2. The Morgan fingerprint density at radius 1 is 1.28 bits per heavy atom. The number of allylic oxidation sites excluding steroid dienone is 2. The number of piperidine rings is 1. The molecule has 0 bridgehead atoms. The van der Waals surface area contributed by atoms with Gasteiger partial charge >= 0.3 is 6.09 Å². The number of hydrogen-bond donors (Lipinski definition) is 2. The van der Waals surface area contributed by atoms with E-state index in [9.17, 15) is 9.90 Å². The molecule has 190 valence electrons. The standard InChI is InChI=1S/C27H32ClN5O3/c1-18(25(22(28)15-29-2)32-12-10-27(11-13-32)17-30-26(35)36-27)19-6-8-20(9-7-19)21-14-31-33(16-21)23-4-3-5-24(23)34/h6-9,14-16,23-24,34H,2-5,10-13,17H2,1H3,(H,30,35)/b22-15+,25-18-/t23-,24-/m0/s1. The first kappa shape index (κ1) is 24.6. The minimum absolute atomic E-state index is 0.0605. The number of benzene rings is 1. The van der Waals surface area contributed by atoms with Crippen molar-refractivity contribution in [2.75, 3.05) is 19.6 Å². The Morgan fingerprint density at radius 2 is 2.03 bits per heavy atom. The predicted molar refractivity (Wildman–Crippen MR) is 141 cm³/mol. The molecule has 1 spiro atoms. The average Bonchev–Trinajstić information content (AvgIpc) is 3.61. The van der Waals surface area contributed by atoms with Gasteiger partial charge in [-0.1, -0.05) is 35.9 Å². The van der Waals surface area contributed by atoms with Crippen LogP contribution >= 0.6 is 11.6 Å². The topological polar surface area (TPSA) is 92.0 Å². The first-order valence-electron chi connectivity index (χ1n) is 12.5. The molecule has 5 rings (SSSR count). The third kappa shape index (κ3) is 4.80. The zero-order chi connectivity index (χ0) is 25.3. The second-order valence-electron chi connectivity index (χ2n) is 9.90. The molecular formula is C27H32ClN5O3. The van der Waals surface area contributed by atoms with Crippen LogP contribution in [-0.4, -0.2) is 63.9 Å². The molecule has 9 heteroatoms. The summed E-state index contributed by atoms with van der Waals surface area (Å²) in [7, 11) is 0. The number of carbonyl (C=O) groups excluding carboxylic acids is 1. The van der Waals surface area contributed by atoms with Gasteiger partial charge in [0.25, 0.3) is 0 Å². The van der Waals surface area contributed by atoms with E-state index in [4.69, 9.17) is 16.3 Å². The van der Waals surface area contributed by atoms with Gasteiger partial charge < -0.3 is 20.1 Å². The van der Waals surface area contributed by atoms with Gasteiger partial charge in [0.15, 0.2) is 0 Å². The largest absolute Gasteiger partial charge is 0.441 e. The second kappa shape index (κ2) is 10.1. The molecule has 2 atom stereocenters. The number of aliphatic imine (C=N–C) groups is 1. The van der Waals surface area contributed by atoms with Crippen molar-refractivity contribution in [2.24, 2.45) is 4.99 Å². The molecule has 36 heavy (non-hydrogen) atoms. The van der Waals surface area contributed by atoms with E-state index in [0.717, 1.165) is 60.1 Å². The summed E-state index contributed by atoms with van der Waals surface area (Å²) >= 11 is 6.70. The van der Waals surface area contributed by atoms with Crippen LogP contribution < -0.4 is 5.32 Å². The van der Waals surface area contributed by atoms with Gasteiger partial charge in [-0.25, -0.2) is 4.79 Å². The fourth-order valence-electron chi connectivity index (χ4n) is 5.57. The highest BCUT2D eigenvalue weighted by Gasteiger charge is 2.43. The van der Waals surface area contributed by atoms with Gasteiger partial charge in [-0.05, 0) is 49.6 Å². The number of alkyl carbamates (subject to hydrolysis) is 1. The average molecular weight is 510 g/mol. The molecule has 3 aliphatic rings. The van der Waals surface area contributed by atoms with E-state index in [0.29, 0.717) is 24.7 Å². The lowest BCUT2D eigenvalue weighted by Gasteiger charge is -2.40. The van der Waals surface area contributed by atoms with Crippen LogP contribution in [-0.2, 0) is 4.74 Å². The van der Waals surface area contributed by atoms with Crippen LogP contribution in [0.15, 0.2) is 58.6 Å². The number of aliphatic hydroxyl groups excluding tert-OH is 1. The lowest BCUT2D eigenvalue weighted by atomic mass is 9.90. The minimum atomic E-state index is -0.430. The van der Waals surface area contributed by atoms with E-state index in [1.54, 1.807) is 6.20 Å². The molecule has 3 fully saturated rings. The van der Waals surface area contributed by atoms with Crippen molar-refractivity contribution in [3.63, 3.8) is 0 Å². The Labute approximate surface area is 216 Å². The Morgan fingerprint density at radius 3 is 2.64 bits per heavy atom. The van der Waals surface area contributed by atoms with Crippen molar-refractivity contribution >= 4 is 30.0 Å². The highest BCUT2D eigenvalue weighted by atomic mass is 35.5. The zero-order valence-corrected chi connectivity index (χ0v) is 21.2. The monoisotopic (exact) mass is 509 g/mol. The molecule has 3 heterocycles. The van der Waals surface area contributed by atoms with Crippen molar-refractivity contribution in [1.82, 2.24) is 20.0 Å². The molecule has 2 aliphatic heterocycles. The third-order valence-corrected chi connectivity index (χ3v) is 7.95. The summed E-state index contributed by atoms with van der Waals surface area (Å²) in [5, 5.41) is 18.0. The van der Waals surface area contributed by atoms with Crippen molar-refractivity contribution < 1.29 is 14.6 Å². The first-order valence-corrected chi connectivity index (χ1v) is 12.8. The molecule has 2 saturated heterocycles. The van der Waals surface area contributed by atoms with Crippen molar-refractivity contribution in [2.45, 2.75) is 56.8 Å². The maximum absolute atomic E-state index is 11.6. The Bertz CT molecular complexity index is 1190. The number of ether oxygens (including phenoxy) is 1. The normalized spacial score (nSPS) is 24.5. The van der Waals surface area contributed by atoms with E-state index >= 15 is 0 Å². The van der Waals surface area contributed by atoms with E-state index in [-0.39, 0.29) is 18.2 Å². The molecule has 1 aliphatic carbocycles. The number of hydrogen-bond acceptors (Lipinski definition) is 6. The van der Waals surface area contributed by atoms with Crippen LogP contribution in [0.3, 0.4) is 0 Å². The summed E-state index contributed by atoms with van der Waals surface area (Å²) in [6, 6.07) is 8.41. The number of aromatic nitrogens is 2.